The van der Waals surface area contributed by atoms with E-state index in [-0.39, 0.29) is 36.6 Å². The maximum atomic E-state index is 10.6. The summed E-state index contributed by atoms with van der Waals surface area (Å²) in [6, 6.07) is 0. The summed E-state index contributed by atoms with van der Waals surface area (Å²) < 4.78 is 0. The maximum absolute atomic E-state index is 10.6. The summed E-state index contributed by atoms with van der Waals surface area (Å²) in [5.74, 6) is -4.03. The van der Waals surface area contributed by atoms with Crippen LogP contribution in [0, 0.1) is 0 Å². The number of carboxylic acids is 3. The maximum Gasteiger partial charge on any atom is 0.351 e. The second-order valence-electron chi connectivity index (χ2n) is 19.2. The molecule has 9 nitrogen and oxygen atoms in total. The molecular formula is C54H105Cl3CrO9. The third-order valence-corrected chi connectivity index (χ3v) is 13.6. The smallest absolute Gasteiger partial charge is 0.351 e. The van der Waals surface area contributed by atoms with Gasteiger partial charge in [-0.3, -0.25) is 0 Å². The first-order valence-electron chi connectivity index (χ1n) is 27.5. The SMILES string of the molecule is CCCCCCCCCCCCCCCCC(O)(Cl)C(=O)O.CCCCCCCCCCCCCCCCC(O)(Cl)C(=O)O.CCCCCCCCCCCCCCCCC(O)(Cl)C(=O)O.[Cr]. The monoisotopic (exact) mass is 1050 g/mol. The second kappa shape index (κ2) is 53.5. The molecule has 0 radical (unpaired) electrons. The molecule has 6 N–H and O–H groups in total. The molecule has 0 spiro atoms. The molecule has 0 aliphatic heterocycles. The number of rotatable bonds is 48. The van der Waals surface area contributed by atoms with Gasteiger partial charge in [-0.15, -0.1) is 0 Å². The first-order valence-corrected chi connectivity index (χ1v) is 28.6. The van der Waals surface area contributed by atoms with Crippen molar-refractivity contribution in [3.63, 3.8) is 0 Å². The number of aliphatic hydroxyl groups is 3. The van der Waals surface area contributed by atoms with E-state index in [1.54, 1.807) is 0 Å². The van der Waals surface area contributed by atoms with Gasteiger partial charge in [0.05, 0.1) is 0 Å². The Hall–Kier alpha value is -0.308. The van der Waals surface area contributed by atoms with E-state index in [0.717, 1.165) is 38.5 Å². The molecule has 0 aromatic carbocycles. The molecule has 67 heavy (non-hydrogen) atoms. The van der Waals surface area contributed by atoms with Gasteiger partial charge in [0.15, 0.2) is 0 Å². The summed E-state index contributed by atoms with van der Waals surface area (Å²) in [6.07, 6.45) is 52.8. The molecule has 0 aliphatic rings. The van der Waals surface area contributed by atoms with Gasteiger partial charge in [-0.1, -0.05) is 306 Å². The minimum absolute atomic E-state index is 0. The fourth-order valence-electron chi connectivity index (χ4n) is 7.98. The Balaban J connectivity index is -0.000000441. The molecule has 0 rings (SSSR count). The molecule has 0 fully saturated rings. The molecule has 13 heteroatoms. The number of hydrogen-bond acceptors (Lipinski definition) is 6. The van der Waals surface area contributed by atoms with Crippen LogP contribution in [0.4, 0.5) is 0 Å². The third-order valence-electron chi connectivity index (χ3n) is 12.6. The Morgan fingerprint density at radius 3 is 0.478 bits per heavy atom. The van der Waals surface area contributed by atoms with E-state index in [0.29, 0.717) is 19.3 Å². The summed E-state index contributed by atoms with van der Waals surface area (Å²) in [5, 5.41) is 47.8. The van der Waals surface area contributed by atoms with Gasteiger partial charge in [0.25, 0.3) is 0 Å². The summed E-state index contributed by atoms with van der Waals surface area (Å²) in [4.78, 5) is 31.8. The van der Waals surface area contributed by atoms with Crippen molar-refractivity contribution in [1.29, 1.82) is 0 Å². The van der Waals surface area contributed by atoms with Gasteiger partial charge in [0.2, 0.25) is 15.2 Å². The molecule has 0 aliphatic carbocycles. The van der Waals surface area contributed by atoms with Crippen LogP contribution in [0.25, 0.3) is 0 Å². The molecular weight excluding hydrogens is 951 g/mol. The van der Waals surface area contributed by atoms with Crippen LogP contribution in [0.3, 0.4) is 0 Å². The standard InChI is InChI=1S/3C18H35ClO3.Cr/c3*1-2-3-4-5-6-7-8-9-10-11-12-13-14-15-16-18(19,22)17(20)21;/h3*22H,2-16H2,1H3,(H,20,21);. The van der Waals surface area contributed by atoms with E-state index in [4.69, 9.17) is 50.1 Å². The quantitative estimate of drug-likeness (QED) is 0.0256. The molecule has 0 aromatic rings. The summed E-state index contributed by atoms with van der Waals surface area (Å²) in [5.41, 5.74) is 0. The number of halogens is 3. The van der Waals surface area contributed by atoms with Crippen molar-refractivity contribution < 1.29 is 62.4 Å². The van der Waals surface area contributed by atoms with Crippen LogP contribution in [0.2, 0.25) is 0 Å². The first kappa shape index (κ1) is 73.2. The largest absolute Gasteiger partial charge is 0.478 e. The van der Waals surface area contributed by atoms with Crippen molar-refractivity contribution in [1.82, 2.24) is 0 Å². The Kier molecular flexibility index (Phi) is 58.5. The average Bonchev–Trinajstić information content (AvgIpc) is 3.27. The molecule has 0 heterocycles. The van der Waals surface area contributed by atoms with Crippen LogP contribution in [0.1, 0.15) is 310 Å². The first-order chi connectivity index (χ1) is 31.5. The van der Waals surface area contributed by atoms with E-state index < -0.39 is 33.1 Å². The Morgan fingerprint density at radius 1 is 0.269 bits per heavy atom. The Morgan fingerprint density at radius 2 is 0.373 bits per heavy atom. The zero-order chi connectivity index (χ0) is 50.1. The number of carboxylic acid groups (broad SMARTS) is 3. The van der Waals surface area contributed by atoms with Crippen molar-refractivity contribution in [3.05, 3.63) is 0 Å². The van der Waals surface area contributed by atoms with Crippen LogP contribution in [-0.2, 0) is 31.7 Å². The topological polar surface area (TPSA) is 173 Å². The van der Waals surface area contributed by atoms with Crippen LogP contribution < -0.4 is 0 Å². The normalized spacial score (nSPS) is 13.7. The van der Waals surface area contributed by atoms with Gasteiger partial charge < -0.3 is 30.6 Å². The number of aliphatic carboxylic acids is 3. The summed E-state index contributed by atoms with van der Waals surface area (Å²) >= 11 is 16.4. The van der Waals surface area contributed by atoms with Crippen molar-refractivity contribution in [3.8, 4) is 0 Å². The van der Waals surface area contributed by atoms with Gasteiger partial charge in [-0.05, 0) is 19.3 Å². The summed E-state index contributed by atoms with van der Waals surface area (Å²) in [7, 11) is 0. The van der Waals surface area contributed by atoms with E-state index in [9.17, 15) is 29.7 Å². The van der Waals surface area contributed by atoms with Gasteiger partial charge in [-0.25, -0.2) is 14.4 Å². The minimum atomic E-state index is -2.07. The van der Waals surface area contributed by atoms with Crippen LogP contribution in [-0.4, -0.2) is 63.7 Å². The summed E-state index contributed by atoms with van der Waals surface area (Å²) in [6.45, 7) is 6.76. The molecule has 0 aromatic heterocycles. The van der Waals surface area contributed by atoms with Crippen molar-refractivity contribution in [2.45, 2.75) is 325 Å². The van der Waals surface area contributed by atoms with Gasteiger partial charge in [-0.2, -0.15) is 0 Å². The van der Waals surface area contributed by atoms with Crippen molar-refractivity contribution in [2.24, 2.45) is 0 Å². The van der Waals surface area contributed by atoms with Crippen molar-refractivity contribution >= 4 is 52.7 Å². The van der Waals surface area contributed by atoms with E-state index in [1.807, 2.05) is 0 Å². The van der Waals surface area contributed by atoms with Gasteiger partial charge in [0.1, 0.15) is 0 Å². The van der Waals surface area contributed by atoms with Crippen LogP contribution >= 0.6 is 34.8 Å². The zero-order valence-electron chi connectivity index (χ0n) is 43.3. The molecule has 402 valence electrons. The van der Waals surface area contributed by atoms with E-state index in [2.05, 4.69) is 20.8 Å². The predicted molar refractivity (Wildman–Crippen MR) is 280 cm³/mol. The average molecular weight is 1060 g/mol. The minimum Gasteiger partial charge on any atom is -0.478 e. The number of unbranched alkanes of at least 4 members (excludes halogenated alkanes) is 39. The van der Waals surface area contributed by atoms with E-state index in [1.165, 1.54) is 212 Å². The van der Waals surface area contributed by atoms with E-state index >= 15 is 0 Å². The fourth-order valence-corrected chi connectivity index (χ4v) is 8.38. The van der Waals surface area contributed by atoms with Crippen LogP contribution in [0.15, 0.2) is 0 Å². The van der Waals surface area contributed by atoms with Crippen LogP contribution in [0.5, 0.6) is 0 Å². The number of hydrogen-bond donors (Lipinski definition) is 6. The molecule has 3 atom stereocenters. The molecule has 0 saturated carbocycles. The van der Waals surface area contributed by atoms with Gasteiger partial charge in [0, 0.05) is 36.6 Å². The Bertz CT molecular complexity index is 937. The molecule has 0 amide bonds. The van der Waals surface area contributed by atoms with Gasteiger partial charge >= 0.3 is 17.9 Å². The second-order valence-corrected chi connectivity index (χ2v) is 21.1. The number of carbonyl (C=O) groups is 3. The predicted octanol–water partition coefficient (Wildman–Crippen LogP) is 17.6. The third kappa shape index (κ3) is 56.5. The fraction of sp³-hybridized carbons (Fsp3) is 0.944. The number of alkyl halides is 3. The van der Waals surface area contributed by atoms with Crippen molar-refractivity contribution in [2.75, 3.05) is 0 Å². The Labute approximate surface area is 437 Å². The molecule has 0 saturated heterocycles. The molecule has 0 bridgehead atoms. The zero-order valence-corrected chi connectivity index (χ0v) is 46.8. The molecule has 3 unspecified atom stereocenters.